The molecule has 2 aromatic heterocycles. The number of benzene rings is 2. The highest BCUT2D eigenvalue weighted by molar-refractivity contribution is 5.95. The van der Waals surface area contributed by atoms with Gasteiger partial charge >= 0.3 is 0 Å². The van der Waals surface area contributed by atoms with E-state index in [9.17, 15) is 4.79 Å². The van der Waals surface area contributed by atoms with Crippen LogP contribution in [0.2, 0.25) is 0 Å². The van der Waals surface area contributed by atoms with E-state index in [0.717, 1.165) is 34.5 Å². The van der Waals surface area contributed by atoms with E-state index < -0.39 is 0 Å². The molecular weight excluding hydrogens is 376 g/mol. The van der Waals surface area contributed by atoms with E-state index in [0.29, 0.717) is 18.7 Å². The van der Waals surface area contributed by atoms with Crippen LogP contribution < -0.4 is 4.74 Å². The van der Waals surface area contributed by atoms with E-state index in [-0.39, 0.29) is 12.0 Å². The summed E-state index contributed by atoms with van der Waals surface area (Å²) in [7, 11) is 0. The first-order valence-electron chi connectivity index (χ1n) is 10.1. The van der Waals surface area contributed by atoms with Gasteiger partial charge in [-0.15, -0.1) is 0 Å². The van der Waals surface area contributed by atoms with Gasteiger partial charge in [-0.1, -0.05) is 36.4 Å². The van der Waals surface area contributed by atoms with Gasteiger partial charge in [0.25, 0.3) is 5.91 Å². The molecule has 1 aliphatic heterocycles. The number of carbonyl (C=O) groups excluding carboxylic acids is 1. The summed E-state index contributed by atoms with van der Waals surface area (Å²) in [6.07, 6.45) is 4.17. The molecule has 150 valence electrons. The summed E-state index contributed by atoms with van der Waals surface area (Å²) in [6, 6.07) is 19.7. The van der Waals surface area contributed by atoms with E-state index in [2.05, 4.69) is 10.1 Å². The number of hydrogen-bond donors (Lipinski definition) is 0. The van der Waals surface area contributed by atoms with Crippen LogP contribution in [0.3, 0.4) is 0 Å². The lowest BCUT2D eigenvalue weighted by Crippen LogP contribution is -2.31. The minimum absolute atomic E-state index is 0.00294. The molecule has 0 radical (unpaired) electrons. The number of rotatable bonds is 4. The van der Waals surface area contributed by atoms with Crippen LogP contribution in [-0.4, -0.2) is 44.8 Å². The van der Waals surface area contributed by atoms with Crippen molar-refractivity contribution in [1.29, 1.82) is 0 Å². The number of likely N-dealkylation sites (tertiary alicyclic amines) is 1. The van der Waals surface area contributed by atoms with Crippen LogP contribution >= 0.6 is 0 Å². The monoisotopic (exact) mass is 398 g/mol. The van der Waals surface area contributed by atoms with Crippen LogP contribution in [0.1, 0.15) is 22.5 Å². The predicted octanol–water partition coefficient (Wildman–Crippen LogP) is 4.02. The lowest BCUT2D eigenvalue weighted by atomic mass is 10.2. The van der Waals surface area contributed by atoms with Crippen molar-refractivity contribution in [2.45, 2.75) is 19.4 Å². The number of hydrogen-bond acceptors (Lipinski definition) is 4. The molecule has 2 aromatic carbocycles. The summed E-state index contributed by atoms with van der Waals surface area (Å²) >= 11 is 0. The van der Waals surface area contributed by atoms with E-state index in [1.165, 1.54) is 0 Å². The van der Waals surface area contributed by atoms with Crippen LogP contribution in [0, 0.1) is 6.92 Å². The molecule has 0 N–H and O–H groups in total. The molecule has 3 heterocycles. The Hall–Kier alpha value is -3.67. The zero-order valence-corrected chi connectivity index (χ0v) is 16.7. The number of amides is 1. The fourth-order valence-electron chi connectivity index (χ4n) is 3.98. The van der Waals surface area contributed by atoms with Crippen molar-refractivity contribution in [1.82, 2.24) is 19.7 Å². The van der Waals surface area contributed by atoms with Crippen molar-refractivity contribution in [2.24, 2.45) is 0 Å². The topological polar surface area (TPSA) is 60.3 Å². The first-order valence-corrected chi connectivity index (χ1v) is 10.1. The third-order valence-corrected chi connectivity index (χ3v) is 5.56. The minimum Gasteiger partial charge on any atom is -0.486 e. The summed E-state index contributed by atoms with van der Waals surface area (Å²) in [4.78, 5) is 19.4. The first kappa shape index (κ1) is 18.4. The third kappa shape index (κ3) is 3.30. The fourth-order valence-corrected chi connectivity index (χ4v) is 3.98. The average Bonchev–Trinajstić information content (AvgIpc) is 3.41. The van der Waals surface area contributed by atoms with E-state index in [1.54, 1.807) is 17.1 Å². The quantitative estimate of drug-likeness (QED) is 0.521. The molecule has 0 spiro atoms. The molecule has 0 aliphatic carbocycles. The Balaban J connectivity index is 1.31. The van der Waals surface area contributed by atoms with Gasteiger partial charge in [0.2, 0.25) is 0 Å². The first-order chi connectivity index (χ1) is 14.7. The molecule has 1 saturated heterocycles. The fraction of sp³-hybridized carbons (Fsp3) is 0.208. The van der Waals surface area contributed by atoms with Gasteiger partial charge in [-0.05, 0) is 31.2 Å². The Labute approximate surface area is 174 Å². The number of ether oxygens (including phenoxy) is 1. The smallest absolute Gasteiger partial charge is 0.257 e. The summed E-state index contributed by atoms with van der Waals surface area (Å²) in [5.74, 6) is 0.761. The molecule has 1 unspecified atom stereocenters. The van der Waals surface area contributed by atoms with E-state index in [1.807, 2.05) is 72.5 Å². The molecule has 30 heavy (non-hydrogen) atoms. The second kappa shape index (κ2) is 7.63. The number of aromatic nitrogens is 3. The summed E-state index contributed by atoms with van der Waals surface area (Å²) in [5, 5.41) is 5.48. The highest BCUT2D eigenvalue weighted by Crippen LogP contribution is 2.27. The lowest BCUT2D eigenvalue weighted by Gasteiger charge is -2.18. The molecule has 6 nitrogen and oxygen atoms in total. The standard InChI is InChI=1S/C24H22N4O2/c1-17-21(15-26-28(17)19-9-3-2-4-10-19)24(29)27-14-12-20(16-27)30-22-11-5-7-18-8-6-13-25-23(18)22/h2-11,13,15,20H,12,14,16H2,1H3. The normalized spacial score (nSPS) is 16.2. The molecule has 6 heteroatoms. The molecule has 1 amide bonds. The van der Waals surface area contributed by atoms with Gasteiger partial charge in [-0.25, -0.2) is 4.68 Å². The maximum Gasteiger partial charge on any atom is 0.257 e. The predicted molar refractivity (Wildman–Crippen MR) is 115 cm³/mol. The highest BCUT2D eigenvalue weighted by Gasteiger charge is 2.30. The highest BCUT2D eigenvalue weighted by atomic mass is 16.5. The molecule has 1 aliphatic rings. The van der Waals surface area contributed by atoms with E-state index >= 15 is 0 Å². The molecule has 1 atom stereocenters. The van der Waals surface area contributed by atoms with Gasteiger partial charge in [0, 0.05) is 24.5 Å². The zero-order chi connectivity index (χ0) is 20.5. The average molecular weight is 398 g/mol. The summed E-state index contributed by atoms with van der Waals surface area (Å²) in [5.41, 5.74) is 3.27. The Morgan fingerprint density at radius 2 is 1.90 bits per heavy atom. The molecule has 0 saturated carbocycles. The Morgan fingerprint density at radius 3 is 2.77 bits per heavy atom. The van der Waals surface area contributed by atoms with Crippen LogP contribution in [0.25, 0.3) is 16.6 Å². The van der Waals surface area contributed by atoms with Crippen LogP contribution in [0.5, 0.6) is 5.75 Å². The van der Waals surface area contributed by atoms with Crippen molar-refractivity contribution >= 4 is 16.8 Å². The number of pyridine rings is 1. The number of fused-ring (bicyclic) bond motifs is 1. The Bertz CT molecular complexity index is 1200. The maximum atomic E-state index is 13.1. The van der Waals surface area contributed by atoms with Crippen molar-refractivity contribution in [3.63, 3.8) is 0 Å². The minimum atomic E-state index is -0.0500. The van der Waals surface area contributed by atoms with Gasteiger partial charge in [0.15, 0.2) is 0 Å². The number of para-hydroxylation sites is 2. The van der Waals surface area contributed by atoms with Crippen LogP contribution in [0.15, 0.2) is 73.1 Å². The van der Waals surface area contributed by atoms with Crippen LogP contribution in [0.4, 0.5) is 0 Å². The zero-order valence-electron chi connectivity index (χ0n) is 16.7. The molecule has 0 bridgehead atoms. The largest absolute Gasteiger partial charge is 0.486 e. The van der Waals surface area contributed by atoms with Gasteiger partial charge in [-0.2, -0.15) is 5.10 Å². The lowest BCUT2D eigenvalue weighted by molar-refractivity contribution is 0.0772. The van der Waals surface area contributed by atoms with Crippen LogP contribution in [-0.2, 0) is 0 Å². The number of carbonyl (C=O) groups is 1. The van der Waals surface area contributed by atoms with Gasteiger partial charge in [0.1, 0.15) is 17.4 Å². The van der Waals surface area contributed by atoms with E-state index in [4.69, 9.17) is 4.74 Å². The molecule has 1 fully saturated rings. The van der Waals surface area contributed by atoms with Gasteiger partial charge < -0.3 is 9.64 Å². The molecule has 4 aromatic rings. The van der Waals surface area contributed by atoms with Crippen molar-refractivity contribution in [3.05, 3.63) is 84.3 Å². The maximum absolute atomic E-state index is 13.1. The SMILES string of the molecule is Cc1c(C(=O)N2CCC(Oc3cccc4cccnc34)C2)cnn1-c1ccccc1. The number of nitrogens with zero attached hydrogens (tertiary/aromatic N) is 4. The molecule has 5 rings (SSSR count). The second-order valence-electron chi connectivity index (χ2n) is 7.50. The summed E-state index contributed by atoms with van der Waals surface area (Å²) < 4.78 is 8.04. The van der Waals surface area contributed by atoms with Crippen molar-refractivity contribution < 1.29 is 9.53 Å². The Kier molecular flexibility index (Phi) is 4.67. The summed E-state index contributed by atoms with van der Waals surface area (Å²) in [6.45, 7) is 3.15. The molecular formula is C24H22N4O2. The van der Waals surface area contributed by atoms with Crippen molar-refractivity contribution in [3.8, 4) is 11.4 Å². The van der Waals surface area contributed by atoms with Gasteiger partial charge in [-0.3, -0.25) is 9.78 Å². The van der Waals surface area contributed by atoms with Crippen molar-refractivity contribution in [2.75, 3.05) is 13.1 Å². The second-order valence-corrected chi connectivity index (χ2v) is 7.50. The Morgan fingerprint density at radius 1 is 1.07 bits per heavy atom. The third-order valence-electron chi connectivity index (χ3n) is 5.56. The van der Waals surface area contributed by atoms with Gasteiger partial charge in [0.05, 0.1) is 29.7 Å².